The Hall–Kier alpha value is -3.44. The summed E-state index contributed by atoms with van der Waals surface area (Å²) in [7, 11) is -3.64. The Morgan fingerprint density at radius 3 is 2.56 bits per heavy atom. The number of ether oxygens (including phenoxy) is 2. The maximum absolute atomic E-state index is 13.0. The number of hydrogen-bond donors (Lipinski definition) is 1. The fourth-order valence-corrected chi connectivity index (χ4v) is 5.73. The SMILES string of the molecule is O=C(Cn1c(=O)cnc2cc(S(=O)(=O)N3CCCCC3)ccc21)Nc1ccc2c(c1)OCCO2. The Balaban J connectivity index is 1.39. The van der Waals surface area contributed by atoms with Crippen LogP contribution in [0.3, 0.4) is 0 Å². The molecule has 2 aromatic carbocycles. The number of aromatic nitrogens is 2. The van der Waals surface area contributed by atoms with Gasteiger partial charge >= 0.3 is 0 Å². The number of piperidine rings is 1. The number of nitrogens with one attached hydrogen (secondary N) is 1. The summed E-state index contributed by atoms with van der Waals surface area (Å²) < 4.78 is 39.8. The van der Waals surface area contributed by atoms with Gasteiger partial charge in [0.15, 0.2) is 11.5 Å². The normalized spacial score (nSPS) is 16.4. The van der Waals surface area contributed by atoms with Crippen LogP contribution in [0.25, 0.3) is 11.0 Å². The van der Waals surface area contributed by atoms with Gasteiger partial charge in [-0.05, 0) is 43.2 Å². The second-order valence-electron chi connectivity index (χ2n) is 8.20. The number of hydrogen-bond acceptors (Lipinski definition) is 7. The molecule has 1 aromatic heterocycles. The molecule has 3 aromatic rings. The van der Waals surface area contributed by atoms with Crippen molar-refractivity contribution in [2.24, 2.45) is 0 Å². The van der Waals surface area contributed by atoms with Gasteiger partial charge < -0.3 is 14.8 Å². The van der Waals surface area contributed by atoms with E-state index >= 15 is 0 Å². The lowest BCUT2D eigenvalue weighted by atomic mass is 10.2. The van der Waals surface area contributed by atoms with Crippen LogP contribution in [0.15, 0.2) is 52.3 Å². The Bertz CT molecular complexity index is 1410. The number of carbonyl (C=O) groups is 1. The molecule has 1 fully saturated rings. The zero-order chi connectivity index (χ0) is 23.7. The summed E-state index contributed by atoms with van der Waals surface area (Å²) in [5, 5.41) is 2.75. The van der Waals surface area contributed by atoms with Gasteiger partial charge in [-0.1, -0.05) is 6.42 Å². The zero-order valence-electron chi connectivity index (χ0n) is 18.4. The molecule has 0 radical (unpaired) electrons. The molecule has 3 heterocycles. The standard InChI is InChI=1S/C23H24N4O6S/c28-22(25-16-4-7-20-21(12-16)33-11-10-32-20)15-27-19-6-5-17(13-18(19)24-14-23(27)29)34(30,31)26-8-2-1-3-9-26/h4-7,12-14H,1-3,8-11,15H2,(H,25,28). The average Bonchev–Trinajstić information content (AvgIpc) is 2.86. The van der Waals surface area contributed by atoms with Crippen LogP contribution in [0.2, 0.25) is 0 Å². The summed E-state index contributed by atoms with van der Waals surface area (Å²) in [6.07, 6.45) is 3.79. The van der Waals surface area contributed by atoms with Crippen molar-refractivity contribution in [1.82, 2.24) is 13.9 Å². The van der Waals surface area contributed by atoms with E-state index < -0.39 is 21.5 Å². The highest BCUT2D eigenvalue weighted by atomic mass is 32.2. The second-order valence-corrected chi connectivity index (χ2v) is 10.1. The van der Waals surface area contributed by atoms with E-state index in [1.165, 1.54) is 27.1 Å². The van der Waals surface area contributed by atoms with E-state index in [-0.39, 0.29) is 11.4 Å². The molecule has 0 spiro atoms. The highest BCUT2D eigenvalue weighted by molar-refractivity contribution is 7.89. The fourth-order valence-electron chi connectivity index (χ4n) is 4.19. The van der Waals surface area contributed by atoms with E-state index in [4.69, 9.17) is 9.47 Å². The third kappa shape index (κ3) is 4.36. The van der Waals surface area contributed by atoms with Crippen LogP contribution in [0.1, 0.15) is 19.3 Å². The van der Waals surface area contributed by atoms with E-state index in [1.54, 1.807) is 18.2 Å². The van der Waals surface area contributed by atoms with Crippen LogP contribution in [0.4, 0.5) is 5.69 Å². The van der Waals surface area contributed by atoms with Crippen LogP contribution < -0.4 is 20.3 Å². The lowest BCUT2D eigenvalue weighted by Crippen LogP contribution is -2.35. The van der Waals surface area contributed by atoms with Crippen LogP contribution in [-0.2, 0) is 21.4 Å². The van der Waals surface area contributed by atoms with Crippen LogP contribution in [-0.4, -0.2) is 54.5 Å². The molecular weight excluding hydrogens is 460 g/mol. The smallest absolute Gasteiger partial charge is 0.269 e. The van der Waals surface area contributed by atoms with Crippen molar-refractivity contribution in [3.8, 4) is 11.5 Å². The van der Waals surface area contributed by atoms with Gasteiger partial charge in [0, 0.05) is 24.8 Å². The zero-order valence-corrected chi connectivity index (χ0v) is 19.2. The lowest BCUT2D eigenvalue weighted by Gasteiger charge is -2.26. The molecule has 10 nitrogen and oxygen atoms in total. The van der Waals surface area contributed by atoms with Gasteiger partial charge in [-0.2, -0.15) is 4.31 Å². The molecule has 11 heteroatoms. The summed E-state index contributed by atoms with van der Waals surface area (Å²) >= 11 is 0. The van der Waals surface area contributed by atoms with Crippen molar-refractivity contribution in [1.29, 1.82) is 0 Å². The number of anilines is 1. The first-order valence-electron chi connectivity index (χ1n) is 11.1. The third-order valence-corrected chi connectivity index (χ3v) is 7.79. The lowest BCUT2D eigenvalue weighted by molar-refractivity contribution is -0.116. The van der Waals surface area contributed by atoms with E-state index in [9.17, 15) is 18.0 Å². The molecule has 178 valence electrons. The fraction of sp³-hybridized carbons (Fsp3) is 0.348. The van der Waals surface area contributed by atoms with Gasteiger partial charge in [0.25, 0.3) is 5.56 Å². The summed E-state index contributed by atoms with van der Waals surface area (Å²) in [5.74, 6) is 0.727. The number of sulfonamides is 1. The van der Waals surface area contributed by atoms with Gasteiger partial charge in [0.1, 0.15) is 19.8 Å². The van der Waals surface area contributed by atoms with E-state index in [0.717, 1.165) is 25.5 Å². The molecule has 34 heavy (non-hydrogen) atoms. The molecule has 0 bridgehead atoms. The monoisotopic (exact) mass is 484 g/mol. The number of benzene rings is 2. The molecule has 2 aliphatic heterocycles. The van der Waals surface area contributed by atoms with Crippen molar-refractivity contribution in [3.63, 3.8) is 0 Å². The minimum Gasteiger partial charge on any atom is -0.486 e. The highest BCUT2D eigenvalue weighted by Gasteiger charge is 2.26. The van der Waals surface area contributed by atoms with Gasteiger partial charge in [-0.15, -0.1) is 0 Å². The van der Waals surface area contributed by atoms with Crippen LogP contribution in [0.5, 0.6) is 11.5 Å². The number of fused-ring (bicyclic) bond motifs is 2. The minimum absolute atomic E-state index is 0.125. The molecule has 1 N–H and O–H groups in total. The topological polar surface area (TPSA) is 120 Å². The Kier molecular flexibility index (Phi) is 5.96. The van der Waals surface area contributed by atoms with Crippen molar-refractivity contribution in [2.75, 3.05) is 31.6 Å². The van der Waals surface area contributed by atoms with Crippen LogP contribution >= 0.6 is 0 Å². The van der Waals surface area contributed by atoms with Gasteiger partial charge in [-0.25, -0.2) is 13.4 Å². The Morgan fingerprint density at radius 2 is 1.76 bits per heavy atom. The van der Waals surface area contributed by atoms with E-state index in [1.807, 2.05) is 0 Å². The van der Waals surface area contributed by atoms with Gasteiger partial charge in [-0.3, -0.25) is 14.2 Å². The first kappa shape index (κ1) is 22.4. The number of carbonyl (C=O) groups excluding carboxylic acids is 1. The summed E-state index contributed by atoms with van der Waals surface area (Å²) in [6.45, 7) is 1.63. The first-order valence-corrected chi connectivity index (χ1v) is 12.5. The summed E-state index contributed by atoms with van der Waals surface area (Å²) in [4.78, 5) is 29.5. The largest absolute Gasteiger partial charge is 0.486 e. The highest BCUT2D eigenvalue weighted by Crippen LogP contribution is 2.32. The Morgan fingerprint density at radius 1 is 1.00 bits per heavy atom. The predicted octanol–water partition coefficient (Wildman–Crippen LogP) is 1.98. The van der Waals surface area contributed by atoms with Gasteiger partial charge in [0.05, 0.1) is 22.1 Å². The quantitative estimate of drug-likeness (QED) is 0.588. The van der Waals surface area contributed by atoms with E-state index in [2.05, 4.69) is 10.3 Å². The van der Waals surface area contributed by atoms with Crippen LogP contribution in [0, 0.1) is 0 Å². The molecule has 0 atom stereocenters. The number of nitrogens with zero attached hydrogens (tertiary/aromatic N) is 3. The molecule has 1 saturated heterocycles. The number of amides is 1. The summed E-state index contributed by atoms with van der Waals surface area (Å²) in [6, 6.07) is 9.50. The Labute approximate surface area is 196 Å². The van der Waals surface area contributed by atoms with Crippen molar-refractivity contribution in [3.05, 3.63) is 52.9 Å². The first-order chi connectivity index (χ1) is 16.4. The minimum atomic E-state index is -3.64. The second kappa shape index (κ2) is 9.07. The molecule has 2 aliphatic rings. The molecule has 0 saturated carbocycles. The molecule has 5 rings (SSSR count). The third-order valence-electron chi connectivity index (χ3n) is 5.90. The molecule has 0 aliphatic carbocycles. The maximum atomic E-state index is 13.0. The van der Waals surface area contributed by atoms with Crippen molar-refractivity contribution >= 4 is 32.7 Å². The molecule has 0 unspecified atom stereocenters. The maximum Gasteiger partial charge on any atom is 0.269 e. The average molecular weight is 485 g/mol. The van der Waals surface area contributed by atoms with Gasteiger partial charge in [0.2, 0.25) is 15.9 Å². The molecule has 1 amide bonds. The number of rotatable bonds is 5. The van der Waals surface area contributed by atoms with E-state index in [0.29, 0.717) is 54.5 Å². The summed E-state index contributed by atoms with van der Waals surface area (Å²) in [5.41, 5.74) is 0.749. The predicted molar refractivity (Wildman–Crippen MR) is 125 cm³/mol. The van der Waals surface area contributed by atoms with Crippen molar-refractivity contribution < 1.29 is 22.7 Å². The molecular formula is C23H24N4O6S. The van der Waals surface area contributed by atoms with Crippen molar-refractivity contribution in [2.45, 2.75) is 30.7 Å².